The van der Waals surface area contributed by atoms with Gasteiger partial charge in [0.15, 0.2) is 5.58 Å². The summed E-state index contributed by atoms with van der Waals surface area (Å²) in [6.45, 7) is 6.41. The molecule has 1 aromatic heterocycles. The number of carbonyl (C=O) groups excluding carboxylic acids is 1. The molecule has 0 N–H and O–H groups in total. The molecule has 4 aromatic rings. The molecule has 1 heterocycles. The van der Waals surface area contributed by atoms with Crippen molar-refractivity contribution in [3.8, 4) is 17.0 Å². The molecule has 0 saturated carbocycles. The molecule has 28 heavy (non-hydrogen) atoms. The fourth-order valence-corrected chi connectivity index (χ4v) is 3.06. The number of nitrogens with zero attached hydrogens (tertiary/aromatic N) is 1. The fourth-order valence-electron chi connectivity index (χ4n) is 3.06. The van der Waals surface area contributed by atoms with E-state index in [0.717, 1.165) is 16.6 Å². The van der Waals surface area contributed by atoms with Crippen molar-refractivity contribution in [3.05, 3.63) is 83.9 Å². The van der Waals surface area contributed by atoms with E-state index in [-0.39, 0.29) is 5.41 Å². The van der Waals surface area contributed by atoms with Crippen LogP contribution in [0.3, 0.4) is 0 Å². The van der Waals surface area contributed by atoms with E-state index in [1.54, 1.807) is 24.3 Å². The Balaban J connectivity index is 1.56. The summed E-state index contributed by atoms with van der Waals surface area (Å²) >= 11 is 0. The molecule has 0 spiro atoms. The molecule has 0 atom stereocenters. The van der Waals surface area contributed by atoms with Crippen LogP contribution < -0.4 is 4.74 Å². The summed E-state index contributed by atoms with van der Waals surface area (Å²) in [5.74, 6) is 0.0239. The summed E-state index contributed by atoms with van der Waals surface area (Å²) in [4.78, 5) is 12.5. The minimum absolute atomic E-state index is 0.0379. The van der Waals surface area contributed by atoms with Gasteiger partial charge in [-0.1, -0.05) is 68.4 Å². The molecule has 0 aliphatic rings. The first-order chi connectivity index (χ1) is 13.4. The van der Waals surface area contributed by atoms with E-state index in [4.69, 9.17) is 9.26 Å². The Morgan fingerprint density at radius 1 is 0.929 bits per heavy atom. The van der Waals surface area contributed by atoms with Crippen molar-refractivity contribution in [1.82, 2.24) is 5.16 Å². The zero-order valence-electron chi connectivity index (χ0n) is 16.1. The maximum Gasteiger partial charge on any atom is 0.343 e. The van der Waals surface area contributed by atoms with Gasteiger partial charge >= 0.3 is 5.97 Å². The molecule has 4 nitrogen and oxygen atoms in total. The quantitative estimate of drug-likeness (QED) is 0.327. The lowest BCUT2D eigenvalue weighted by atomic mass is 9.87. The van der Waals surface area contributed by atoms with E-state index in [0.29, 0.717) is 16.9 Å². The van der Waals surface area contributed by atoms with Crippen LogP contribution in [-0.4, -0.2) is 11.1 Å². The van der Waals surface area contributed by atoms with Crippen molar-refractivity contribution in [3.63, 3.8) is 0 Å². The average Bonchev–Trinajstić information content (AvgIpc) is 3.11. The highest BCUT2D eigenvalue weighted by Crippen LogP contribution is 2.30. The maximum absolute atomic E-state index is 12.5. The van der Waals surface area contributed by atoms with Crippen molar-refractivity contribution in [2.45, 2.75) is 26.2 Å². The van der Waals surface area contributed by atoms with E-state index in [1.807, 2.05) is 48.5 Å². The third kappa shape index (κ3) is 3.54. The van der Waals surface area contributed by atoms with Crippen LogP contribution in [0.25, 0.3) is 22.2 Å². The number of fused-ring (bicyclic) bond motifs is 1. The lowest BCUT2D eigenvalue weighted by Crippen LogP contribution is -2.12. The smallest absolute Gasteiger partial charge is 0.343 e. The van der Waals surface area contributed by atoms with Gasteiger partial charge in [0.2, 0.25) is 0 Å². The lowest BCUT2D eigenvalue weighted by Gasteiger charge is -2.18. The Labute approximate surface area is 163 Å². The molecule has 0 aliphatic carbocycles. The largest absolute Gasteiger partial charge is 0.423 e. The van der Waals surface area contributed by atoms with Gasteiger partial charge in [-0.05, 0) is 35.2 Å². The standard InChI is InChI=1S/C24H21NO3/c1-24(2,3)18-11-9-17(10-12-18)23(26)27-19-13-14-20-21(15-19)28-25-22(20)16-7-5-4-6-8-16/h4-15H,1-3H3. The third-order valence-electron chi connectivity index (χ3n) is 4.69. The van der Waals surface area contributed by atoms with Gasteiger partial charge in [-0.25, -0.2) is 4.79 Å². The number of rotatable bonds is 3. The Kier molecular flexibility index (Phi) is 4.47. The number of hydrogen-bond acceptors (Lipinski definition) is 4. The van der Waals surface area contributed by atoms with Gasteiger partial charge < -0.3 is 9.26 Å². The normalized spacial score (nSPS) is 11.5. The highest BCUT2D eigenvalue weighted by Gasteiger charge is 2.16. The first-order valence-corrected chi connectivity index (χ1v) is 9.19. The predicted octanol–water partition coefficient (Wildman–Crippen LogP) is 6.01. The van der Waals surface area contributed by atoms with Crippen LogP contribution in [0, 0.1) is 0 Å². The topological polar surface area (TPSA) is 52.3 Å². The molecular weight excluding hydrogens is 350 g/mol. The van der Waals surface area contributed by atoms with Gasteiger partial charge in [0.05, 0.1) is 5.56 Å². The van der Waals surface area contributed by atoms with Crippen LogP contribution in [0.4, 0.5) is 0 Å². The number of hydrogen-bond donors (Lipinski definition) is 0. The highest BCUT2D eigenvalue weighted by molar-refractivity contribution is 5.94. The van der Waals surface area contributed by atoms with Gasteiger partial charge in [-0.2, -0.15) is 0 Å². The second-order valence-corrected chi connectivity index (χ2v) is 7.77. The van der Waals surface area contributed by atoms with Crippen molar-refractivity contribution >= 4 is 16.9 Å². The van der Waals surface area contributed by atoms with Crippen molar-refractivity contribution in [1.29, 1.82) is 0 Å². The second-order valence-electron chi connectivity index (χ2n) is 7.77. The summed E-state index contributed by atoms with van der Waals surface area (Å²) in [5, 5.41) is 5.04. The predicted molar refractivity (Wildman–Crippen MR) is 110 cm³/mol. The Morgan fingerprint density at radius 2 is 1.64 bits per heavy atom. The fraction of sp³-hybridized carbons (Fsp3) is 0.167. The number of carbonyl (C=O) groups is 1. The molecule has 0 fully saturated rings. The Morgan fingerprint density at radius 3 is 2.32 bits per heavy atom. The Hall–Kier alpha value is -3.40. The van der Waals surface area contributed by atoms with Crippen LogP contribution in [0.2, 0.25) is 0 Å². The zero-order chi connectivity index (χ0) is 19.7. The van der Waals surface area contributed by atoms with Crippen molar-refractivity contribution in [2.75, 3.05) is 0 Å². The van der Waals surface area contributed by atoms with E-state index >= 15 is 0 Å². The maximum atomic E-state index is 12.5. The molecule has 0 bridgehead atoms. The molecule has 0 amide bonds. The van der Waals surface area contributed by atoms with Gasteiger partial charge in [0, 0.05) is 17.0 Å². The summed E-state index contributed by atoms with van der Waals surface area (Å²) < 4.78 is 11.0. The highest BCUT2D eigenvalue weighted by atomic mass is 16.5. The van der Waals surface area contributed by atoms with Crippen LogP contribution in [0.1, 0.15) is 36.7 Å². The monoisotopic (exact) mass is 371 g/mol. The van der Waals surface area contributed by atoms with Gasteiger partial charge in [-0.15, -0.1) is 0 Å². The third-order valence-corrected chi connectivity index (χ3v) is 4.69. The summed E-state index contributed by atoms with van der Waals surface area (Å²) in [7, 11) is 0. The molecule has 0 aliphatic heterocycles. The summed E-state index contributed by atoms with van der Waals surface area (Å²) in [5.41, 5.74) is 4.04. The molecule has 0 radical (unpaired) electrons. The SMILES string of the molecule is CC(C)(C)c1ccc(C(=O)Oc2ccc3c(-c4ccccc4)noc3c2)cc1. The van der Waals surface area contributed by atoms with Gasteiger partial charge in [0.1, 0.15) is 11.4 Å². The zero-order valence-corrected chi connectivity index (χ0v) is 16.1. The average molecular weight is 371 g/mol. The van der Waals surface area contributed by atoms with E-state index in [1.165, 1.54) is 5.56 Å². The molecular formula is C24H21NO3. The Bertz CT molecular complexity index is 1120. The van der Waals surface area contributed by atoms with Crippen LogP contribution in [-0.2, 0) is 5.41 Å². The second kappa shape index (κ2) is 6.97. The molecule has 4 rings (SSSR count). The van der Waals surface area contributed by atoms with E-state index in [2.05, 4.69) is 25.9 Å². The minimum atomic E-state index is -0.400. The summed E-state index contributed by atoms with van der Waals surface area (Å²) in [6, 6.07) is 22.6. The molecule has 0 saturated heterocycles. The first kappa shape index (κ1) is 18.0. The van der Waals surface area contributed by atoms with Crippen LogP contribution in [0.5, 0.6) is 5.75 Å². The lowest BCUT2D eigenvalue weighted by molar-refractivity contribution is 0.0735. The molecule has 3 aromatic carbocycles. The van der Waals surface area contributed by atoms with E-state index in [9.17, 15) is 4.79 Å². The van der Waals surface area contributed by atoms with Gasteiger partial charge in [0.25, 0.3) is 0 Å². The number of ether oxygens (including phenoxy) is 1. The number of aromatic nitrogens is 1. The van der Waals surface area contributed by atoms with Crippen molar-refractivity contribution < 1.29 is 14.1 Å². The minimum Gasteiger partial charge on any atom is -0.423 e. The molecule has 140 valence electrons. The molecule has 4 heteroatoms. The van der Waals surface area contributed by atoms with Crippen LogP contribution >= 0.6 is 0 Å². The number of esters is 1. The molecule has 0 unspecified atom stereocenters. The summed E-state index contributed by atoms with van der Waals surface area (Å²) in [6.07, 6.45) is 0. The van der Waals surface area contributed by atoms with Crippen molar-refractivity contribution in [2.24, 2.45) is 0 Å². The number of benzene rings is 3. The van der Waals surface area contributed by atoms with Gasteiger partial charge in [-0.3, -0.25) is 0 Å². The van der Waals surface area contributed by atoms with Crippen LogP contribution in [0.15, 0.2) is 77.3 Å². The first-order valence-electron chi connectivity index (χ1n) is 9.19. The van der Waals surface area contributed by atoms with E-state index < -0.39 is 5.97 Å².